The summed E-state index contributed by atoms with van der Waals surface area (Å²) < 4.78 is 26.4. The molecule has 0 saturated carbocycles. The number of carbonyl (C=O) groups is 1. The number of anilines is 2. The van der Waals surface area contributed by atoms with Gasteiger partial charge in [-0.05, 0) is 30.0 Å². The average molecular weight is 365 g/mol. The maximum Gasteiger partial charge on any atom is 0.224 e. The largest absolute Gasteiger partial charge is 0.375 e. The molecule has 0 aliphatic rings. The summed E-state index contributed by atoms with van der Waals surface area (Å²) in [5, 5.41) is 4.83. The summed E-state index contributed by atoms with van der Waals surface area (Å²) in [6.07, 6.45) is 0.591. The van der Waals surface area contributed by atoms with Gasteiger partial charge in [0.15, 0.2) is 5.13 Å². The monoisotopic (exact) mass is 365 g/mol. The van der Waals surface area contributed by atoms with Gasteiger partial charge in [0.25, 0.3) is 0 Å². The second-order valence-corrected chi connectivity index (χ2v) is 7.04. The van der Waals surface area contributed by atoms with Crippen LogP contribution in [0.25, 0.3) is 10.6 Å². The first-order valence-corrected chi connectivity index (χ1v) is 8.76. The van der Waals surface area contributed by atoms with Crippen LogP contribution in [0.4, 0.5) is 19.6 Å². The molecule has 0 aliphatic carbocycles. The minimum absolute atomic E-state index is 0.0382. The van der Waals surface area contributed by atoms with Gasteiger partial charge in [-0.1, -0.05) is 6.07 Å². The summed E-state index contributed by atoms with van der Waals surface area (Å²) in [4.78, 5) is 18.2. The number of thiazole rings is 1. The lowest BCUT2D eigenvalue weighted by atomic mass is 10.2. The number of nitrogens with one attached hydrogen (secondary N) is 1. The Morgan fingerprint density at radius 2 is 2.12 bits per heavy atom. The smallest absolute Gasteiger partial charge is 0.224 e. The predicted octanol–water partition coefficient (Wildman–Crippen LogP) is 4.30. The third kappa shape index (κ3) is 3.77. The molecule has 8 heteroatoms. The van der Waals surface area contributed by atoms with Crippen molar-refractivity contribution in [1.29, 1.82) is 0 Å². The number of nitrogens with two attached hydrogens (primary N) is 1. The number of hydrogen-bond donors (Lipinski definition) is 2. The number of amides is 1. The molecule has 0 atom stereocenters. The van der Waals surface area contributed by atoms with Crippen LogP contribution in [0.5, 0.6) is 0 Å². The molecule has 0 fully saturated rings. The van der Waals surface area contributed by atoms with E-state index in [4.69, 9.17) is 5.73 Å². The lowest BCUT2D eigenvalue weighted by molar-refractivity contribution is -0.116. The van der Waals surface area contributed by atoms with Gasteiger partial charge >= 0.3 is 0 Å². The number of halogens is 2. The minimum Gasteiger partial charge on any atom is -0.375 e. The molecule has 0 unspecified atom stereocenters. The number of rotatable bonds is 5. The molecule has 1 aromatic carbocycles. The fourth-order valence-corrected chi connectivity index (χ4v) is 3.83. The Bertz CT molecular complexity index is 862. The summed E-state index contributed by atoms with van der Waals surface area (Å²) >= 11 is 2.88. The van der Waals surface area contributed by atoms with Crippen LogP contribution in [-0.4, -0.2) is 10.9 Å². The van der Waals surface area contributed by atoms with Crippen molar-refractivity contribution < 1.29 is 13.6 Å². The summed E-state index contributed by atoms with van der Waals surface area (Å²) in [6, 6.07) is 6.89. The van der Waals surface area contributed by atoms with Crippen LogP contribution in [-0.2, 0) is 11.2 Å². The molecule has 24 heavy (non-hydrogen) atoms. The highest BCUT2D eigenvalue weighted by molar-refractivity contribution is 7.17. The SMILES string of the molecule is Nc1nc(-c2cccs2)c(CCC(=O)Nc2ccc(F)cc2F)s1. The normalized spacial score (nSPS) is 10.8. The summed E-state index contributed by atoms with van der Waals surface area (Å²) in [7, 11) is 0. The fraction of sp³-hybridized carbons (Fsp3) is 0.125. The van der Waals surface area contributed by atoms with E-state index in [1.807, 2.05) is 17.5 Å². The van der Waals surface area contributed by atoms with Crippen molar-refractivity contribution in [3.63, 3.8) is 0 Å². The number of nitrogen functional groups attached to an aromatic ring is 1. The van der Waals surface area contributed by atoms with E-state index in [2.05, 4.69) is 10.3 Å². The number of nitrogens with zero attached hydrogens (tertiary/aromatic N) is 1. The van der Waals surface area contributed by atoms with Gasteiger partial charge in [-0.25, -0.2) is 13.8 Å². The number of benzene rings is 1. The van der Waals surface area contributed by atoms with E-state index in [-0.39, 0.29) is 18.0 Å². The zero-order valence-electron chi connectivity index (χ0n) is 12.4. The molecule has 3 aromatic rings. The highest BCUT2D eigenvalue weighted by Crippen LogP contribution is 2.33. The molecule has 2 heterocycles. The minimum atomic E-state index is -0.801. The Morgan fingerprint density at radius 1 is 1.29 bits per heavy atom. The lowest BCUT2D eigenvalue weighted by Gasteiger charge is -2.06. The third-order valence-electron chi connectivity index (χ3n) is 3.25. The van der Waals surface area contributed by atoms with Gasteiger partial charge in [-0.15, -0.1) is 22.7 Å². The molecular weight excluding hydrogens is 352 g/mol. The molecule has 0 spiro atoms. The van der Waals surface area contributed by atoms with E-state index in [9.17, 15) is 13.6 Å². The van der Waals surface area contributed by atoms with Crippen LogP contribution >= 0.6 is 22.7 Å². The quantitative estimate of drug-likeness (QED) is 0.708. The van der Waals surface area contributed by atoms with E-state index in [1.165, 1.54) is 17.4 Å². The van der Waals surface area contributed by atoms with Crippen LogP contribution in [0, 0.1) is 11.6 Å². The van der Waals surface area contributed by atoms with Crippen molar-refractivity contribution in [2.75, 3.05) is 11.1 Å². The van der Waals surface area contributed by atoms with Crippen LogP contribution in [0.3, 0.4) is 0 Å². The van der Waals surface area contributed by atoms with E-state index in [1.54, 1.807) is 11.3 Å². The second-order valence-electron chi connectivity index (χ2n) is 4.97. The molecule has 0 saturated heterocycles. The third-order valence-corrected chi connectivity index (χ3v) is 5.07. The second kappa shape index (κ2) is 7.06. The Balaban J connectivity index is 1.67. The highest BCUT2D eigenvalue weighted by Gasteiger charge is 2.15. The molecule has 124 valence electrons. The number of aryl methyl sites for hydroxylation is 1. The Morgan fingerprint density at radius 3 is 2.83 bits per heavy atom. The van der Waals surface area contributed by atoms with Crippen molar-refractivity contribution in [3.05, 3.63) is 52.2 Å². The van der Waals surface area contributed by atoms with E-state index >= 15 is 0 Å². The molecule has 3 N–H and O–H groups in total. The van der Waals surface area contributed by atoms with E-state index in [0.29, 0.717) is 11.6 Å². The van der Waals surface area contributed by atoms with Crippen molar-refractivity contribution in [1.82, 2.24) is 4.98 Å². The Kier molecular flexibility index (Phi) is 4.86. The molecule has 2 aromatic heterocycles. The highest BCUT2D eigenvalue weighted by atomic mass is 32.1. The molecule has 0 radical (unpaired) electrons. The van der Waals surface area contributed by atoms with Crippen molar-refractivity contribution in [2.24, 2.45) is 0 Å². The molecule has 4 nitrogen and oxygen atoms in total. The van der Waals surface area contributed by atoms with Gasteiger partial charge in [0.05, 0.1) is 16.3 Å². The van der Waals surface area contributed by atoms with Crippen molar-refractivity contribution in [3.8, 4) is 10.6 Å². The first-order valence-electron chi connectivity index (χ1n) is 7.07. The number of aromatic nitrogens is 1. The van der Waals surface area contributed by atoms with Crippen LogP contribution in [0.1, 0.15) is 11.3 Å². The molecular formula is C16H13F2N3OS2. The van der Waals surface area contributed by atoms with E-state index in [0.717, 1.165) is 27.6 Å². The number of thiophene rings is 1. The first kappa shape index (κ1) is 16.5. The molecule has 1 amide bonds. The van der Waals surface area contributed by atoms with Gasteiger partial charge in [0.2, 0.25) is 5.91 Å². The van der Waals surface area contributed by atoms with Gasteiger partial charge < -0.3 is 11.1 Å². The fourth-order valence-electron chi connectivity index (χ4n) is 2.18. The van der Waals surface area contributed by atoms with Crippen molar-refractivity contribution in [2.45, 2.75) is 12.8 Å². The predicted molar refractivity (Wildman–Crippen MR) is 93.1 cm³/mol. The summed E-state index contributed by atoms with van der Waals surface area (Å²) in [5.41, 5.74) is 6.52. The van der Waals surface area contributed by atoms with Crippen LogP contribution in [0.15, 0.2) is 35.7 Å². The number of hydrogen-bond acceptors (Lipinski definition) is 5. The Labute approximate surface area is 145 Å². The maximum absolute atomic E-state index is 13.5. The standard InChI is InChI=1S/C16H13F2N3OS2/c17-9-3-4-11(10(18)8-9)20-14(22)6-5-13-15(21-16(19)24-13)12-2-1-7-23-12/h1-4,7-8H,5-6H2,(H2,19,21)(H,20,22). The van der Waals surface area contributed by atoms with Crippen molar-refractivity contribution >= 4 is 39.4 Å². The molecule has 0 aliphatic heterocycles. The lowest BCUT2D eigenvalue weighted by Crippen LogP contribution is -2.13. The van der Waals surface area contributed by atoms with E-state index < -0.39 is 11.6 Å². The number of carbonyl (C=O) groups excluding carboxylic acids is 1. The van der Waals surface area contributed by atoms with Crippen LogP contribution in [0.2, 0.25) is 0 Å². The average Bonchev–Trinajstić information content (AvgIpc) is 3.17. The zero-order chi connectivity index (χ0) is 17.1. The topological polar surface area (TPSA) is 68.0 Å². The zero-order valence-corrected chi connectivity index (χ0v) is 14.0. The molecule has 3 rings (SSSR count). The Hall–Kier alpha value is -2.32. The first-order chi connectivity index (χ1) is 11.5. The van der Waals surface area contributed by atoms with Gasteiger partial charge in [-0.3, -0.25) is 4.79 Å². The van der Waals surface area contributed by atoms with Gasteiger partial charge in [0.1, 0.15) is 11.6 Å². The van der Waals surface area contributed by atoms with Crippen LogP contribution < -0.4 is 11.1 Å². The van der Waals surface area contributed by atoms with Gasteiger partial charge in [-0.2, -0.15) is 0 Å². The molecule has 0 bridgehead atoms. The maximum atomic E-state index is 13.5. The van der Waals surface area contributed by atoms with Gasteiger partial charge in [0, 0.05) is 17.4 Å². The summed E-state index contributed by atoms with van der Waals surface area (Å²) in [5.74, 6) is -1.85. The summed E-state index contributed by atoms with van der Waals surface area (Å²) in [6.45, 7) is 0.